The van der Waals surface area contributed by atoms with Gasteiger partial charge in [-0.3, -0.25) is 4.79 Å². The van der Waals surface area contributed by atoms with E-state index in [0.29, 0.717) is 11.8 Å². The molecular weight excluding hydrogens is 202 g/mol. The minimum atomic E-state index is 0.262. The highest BCUT2D eigenvalue weighted by Gasteiger charge is 2.33. The Morgan fingerprint density at radius 2 is 2.12 bits per heavy atom. The van der Waals surface area contributed by atoms with Crippen molar-refractivity contribution >= 4 is 5.91 Å². The molecule has 2 aliphatic rings. The third kappa shape index (κ3) is 2.55. The predicted octanol–water partition coefficient (Wildman–Crippen LogP) is 0.00600. The van der Waals surface area contributed by atoms with Gasteiger partial charge in [0, 0.05) is 19.6 Å². The number of hydrogen-bond acceptors (Lipinski definition) is 3. The summed E-state index contributed by atoms with van der Waals surface area (Å²) in [5, 5.41) is 3.20. The lowest BCUT2D eigenvalue weighted by atomic mass is 10.1. The molecule has 1 N–H and O–H groups in total. The second-order valence-corrected chi connectivity index (χ2v) is 5.24. The van der Waals surface area contributed by atoms with Crippen molar-refractivity contribution in [1.82, 2.24) is 15.1 Å². The van der Waals surface area contributed by atoms with Crippen LogP contribution in [0.2, 0.25) is 0 Å². The van der Waals surface area contributed by atoms with Crippen molar-refractivity contribution in [1.29, 1.82) is 0 Å². The topological polar surface area (TPSA) is 35.6 Å². The second kappa shape index (κ2) is 5.15. The summed E-state index contributed by atoms with van der Waals surface area (Å²) in [7, 11) is 4.08. The fraction of sp³-hybridized carbons (Fsp3) is 0.917. The monoisotopic (exact) mass is 225 g/mol. The number of hydrogen-bond donors (Lipinski definition) is 1. The fourth-order valence-corrected chi connectivity index (χ4v) is 2.88. The van der Waals surface area contributed by atoms with E-state index in [9.17, 15) is 4.79 Å². The van der Waals surface area contributed by atoms with Crippen LogP contribution in [0.3, 0.4) is 0 Å². The van der Waals surface area contributed by atoms with Gasteiger partial charge in [0.25, 0.3) is 0 Å². The molecule has 4 heteroatoms. The van der Waals surface area contributed by atoms with E-state index in [1.807, 2.05) is 7.05 Å². The van der Waals surface area contributed by atoms with E-state index in [-0.39, 0.29) is 5.92 Å². The first kappa shape index (κ1) is 11.9. The number of likely N-dealkylation sites (tertiary alicyclic amines) is 2. The van der Waals surface area contributed by atoms with E-state index >= 15 is 0 Å². The van der Waals surface area contributed by atoms with E-state index in [2.05, 4.69) is 22.2 Å². The number of carbonyl (C=O) groups is 1. The van der Waals surface area contributed by atoms with Crippen LogP contribution in [0, 0.1) is 11.8 Å². The Kier molecular flexibility index (Phi) is 3.82. The highest BCUT2D eigenvalue weighted by Crippen LogP contribution is 2.22. The summed E-state index contributed by atoms with van der Waals surface area (Å²) in [6.07, 6.45) is 2.21. The van der Waals surface area contributed by atoms with E-state index in [4.69, 9.17) is 0 Å². The van der Waals surface area contributed by atoms with Gasteiger partial charge in [-0.25, -0.2) is 0 Å². The average Bonchev–Trinajstić information content (AvgIpc) is 2.87. The first-order chi connectivity index (χ1) is 7.70. The molecule has 0 aromatic carbocycles. The number of nitrogens with zero attached hydrogens (tertiary/aromatic N) is 2. The summed E-state index contributed by atoms with van der Waals surface area (Å²) < 4.78 is 0. The van der Waals surface area contributed by atoms with E-state index in [0.717, 1.165) is 45.6 Å². The van der Waals surface area contributed by atoms with Crippen LogP contribution in [0.1, 0.15) is 12.8 Å². The van der Waals surface area contributed by atoms with Gasteiger partial charge in [-0.1, -0.05) is 0 Å². The first-order valence-corrected chi connectivity index (χ1v) is 6.32. The van der Waals surface area contributed by atoms with E-state index in [1.54, 1.807) is 0 Å². The molecule has 2 heterocycles. The summed E-state index contributed by atoms with van der Waals surface area (Å²) in [6.45, 7) is 4.98. The van der Waals surface area contributed by atoms with Crippen LogP contribution in [0.4, 0.5) is 0 Å². The molecule has 0 aromatic rings. The number of rotatable bonds is 3. The smallest absolute Gasteiger partial charge is 0.227 e. The van der Waals surface area contributed by atoms with Crippen LogP contribution in [0.25, 0.3) is 0 Å². The summed E-state index contributed by atoms with van der Waals surface area (Å²) in [6, 6.07) is 0. The molecule has 0 aromatic heterocycles. The van der Waals surface area contributed by atoms with Crippen LogP contribution in [0.15, 0.2) is 0 Å². The van der Waals surface area contributed by atoms with Gasteiger partial charge >= 0.3 is 0 Å². The lowest BCUT2D eigenvalue weighted by molar-refractivity contribution is -0.134. The zero-order valence-electron chi connectivity index (χ0n) is 10.4. The Morgan fingerprint density at radius 3 is 2.75 bits per heavy atom. The third-order valence-corrected chi connectivity index (χ3v) is 3.83. The zero-order valence-corrected chi connectivity index (χ0v) is 10.4. The van der Waals surface area contributed by atoms with Crippen molar-refractivity contribution in [2.24, 2.45) is 11.8 Å². The Balaban J connectivity index is 1.82. The Morgan fingerprint density at radius 1 is 1.31 bits per heavy atom. The van der Waals surface area contributed by atoms with Gasteiger partial charge in [-0.15, -0.1) is 0 Å². The molecule has 0 bridgehead atoms. The van der Waals surface area contributed by atoms with Crippen molar-refractivity contribution in [3.8, 4) is 0 Å². The predicted molar refractivity (Wildman–Crippen MR) is 64.2 cm³/mol. The van der Waals surface area contributed by atoms with Crippen LogP contribution >= 0.6 is 0 Å². The molecular formula is C12H23N3O. The summed E-state index contributed by atoms with van der Waals surface area (Å²) in [5.74, 6) is 1.31. The lowest BCUT2D eigenvalue weighted by Crippen LogP contribution is -2.36. The molecule has 0 aliphatic carbocycles. The van der Waals surface area contributed by atoms with Crippen molar-refractivity contribution < 1.29 is 4.79 Å². The number of nitrogens with one attached hydrogen (secondary N) is 1. The molecule has 0 radical (unpaired) electrons. The maximum atomic E-state index is 12.2. The molecule has 4 nitrogen and oxygen atoms in total. The normalized spacial score (nSPS) is 31.2. The van der Waals surface area contributed by atoms with Crippen molar-refractivity contribution in [3.63, 3.8) is 0 Å². The van der Waals surface area contributed by atoms with Crippen LogP contribution in [-0.2, 0) is 4.79 Å². The van der Waals surface area contributed by atoms with E-state index in [1.165, 1.54) is 0 Å². The maximum Gasteiger partial charge on any atom is 0.227 e. The lowest BCUT2D eigenvalue weighted by Gasteiger charge is -2.20. The molecule has 2 saturated heterocycles. The van der Waals surface area contributed by atoms with Gasteiger partial charge in [0.05, 0.1) is 5.92 Å². The standard InChI is InChI=1S/C12H23N3O/c1-13-7-10-3-6-15(8-10)12(16)11-4-5-14(2)9-11/h10-11,13H,3-9H2,1-2H3. The summed E-state index contributed by atoms with van der Waals surface area (Å²) >= 11 is 0. The summed E-state index contributed by atoms with van der Waals surface area (Å²) in [4.78, 5) is 16.6. The molecule has 2 atom stereocenters. The average molecular weight is 225 g/mol. The van der Waals surface area contributed by atoms with Gasteiger partial charge in [-0.05, 0) is 45.9 Å². The molecule has 2 aliphatic heterocycles. The van der Waals surface area contributed by atoms with Gasteiger partial charge in [0.1, 0.15) is 0 Å². The molecule has 0 saturated carbocycles. The van der Waals surface area contributed by atoms with Gasteiger partial charge in [0.2, 0.25) is 5.91 Å². The highest BCUT2D eigenvalue weighted by molar-refractivity contribution is 5.79. The Labute approximate surface area is 98.0 Å². The number of amides is 1. The SMILES string of the molecule is CNCC1CCN(C(=O)C2CCN(C)C2)C1. The zero-order chi connectivity index (χ0) is 11.5. The van der Waals surface area contributed by atoms with Crippen LogP contribution in [-0.4, -0.2) is 62.5 Å². The molecule has 16 heavy (non-hydrogen) atoms. The van der Waals surface area contributed by atoms with Crippen molar-refractivity contribution in [2.75, 3.05) is 46.8 Å². The Hall–Kier alpha value is -0.610. The van der Waals surface area contributed by atoms with Gasteiger partial charge in [-0.2, -0.15) is 0 Å². The second-order valence-electron chi connectivity index (χ2n) is 5.24. The molecule has 1 amide bonds. The maximum absolute atomic E-state index is 12.2. The molecule has 2 fully saturated rings. The van der Waals surface area contributed by atoms with Crippen LogP contribution in [0.5, 0.6) is 0 Å². The minimum absolute atomic E-state index is 0.262. The third-order valence-electron chi connectivity index (χ3n) is 3.83. The number of carbonyl (C=O) groups excluding carboxylic acids is 1. The molecule has 2 unspecified atom stereocenters. The molecule has 0 spiro atoms. The van der Waals surface area contributed by atoms with Gasteiger partial charge in [0.15, 0.2) is 0 Å². The Bertz CT molecular complexity index is 257. The highest BCUT2D eigenvalue weighted by atomic mass is 16.2. The quantitative estimate of drug-likeness (QED) is 0.735. The fourth-order valence-electron chi connectivity index (χ4n) is 2.88. The van der Waals surface area contributed by atoms with E-state index < -0.39 is 0 Å². The van der Waals surface area contributed by atoms with Crippen molar-refractivity contribution in [2.45, 2.75) is 12.8 Å². The minimum Gasteiger partial charge on any atom is -0.342 e. The molecule has 92 valence electrons. The first-order valence-electron chi connectivity index (χ1n) is 6.32. The van der Waals surface area contributed by atoms with Crippen molar-refractivity contribution in [3.05, 3.63) is 0 Å². The largest absolute Gasteiger partial charge is 0.342 e. The summed E-state index contributed by atoms with van der Waals surface area (Å²) in [5.41, 5.74) is 0. The van der Waals surface area contributed by atoms with Crippen LogP contribution < -0.4 is 5.32 Å². The molecule has 2 rings (SSSR count). The van der Waals surface area contributed by atoms with Gasteiger partial charge < -0.3 is 15.1 Å².